The molecule has 1 aliphatic rings. The molecule has 0 spiro atoms. The van der Waals surface area contributed by atoms with E-state index in [1.54, 1.807) is 0 Å². The van der Waals surface area contributed by atoms with Gasteiger partial charge in [-0.25, -0.2) is 9.50 Å². The first-order valence-electron chi connectivity index (χ1n) is 11.4. The van der Waals surface area contributed by atoms with E-state index in [4.69, 9.17) is 10.1 Å². The number of rotatable bonds is 8. The van der Waals surface area contributed by atoms with Crippen molar-refractivity contribution in [2.75, 3.05) is 13.1 Å². The average molecular weight is 440 g/mol. The molecule has 0 saturated carbocycles. The fourth-order valence-electron chi connectivity index (χ4n) is 4.63. The summed E-state index contributed by atoms with van der Waals surface area (Å²) in [5.41, 5.74) is 6.63. The van der Waals surface area contributed by atoms with Crippen LogP contribution in [0.5, 0.6) is 0 Å². The van der Waals surface area contributed by atoms with Gasteiger partial charge in [-0.15, -0.1) is 11.3 Å². The number of nitrogens with one attached hydrogen (secondary N) is 1. The van der Waals surface area contributed by atoms with Gasteiger partial charge < -0.3 is 5.32 Å². The normalized spacial score (nSPS) is 17.0. The van der Waals surface area contributed by atoms with Gasteiger partial charge in [0.05, 0.1) is 11.7 Å². The standard InChI is InChI=1S/C24H33N5OS/c1-5-10-25-24(30)9-8-20-17(3)26-23-13-21(27-29(23)18(20)4)22-7-6-11-28(22)14-19-12-16(2)31-15-19/h12-13,15,22H,5-11,14H2,1-4H3,(H,25,30)/t22-/m0/s1. The van der Waals surface area contributed by atoms with Gasteiger partial charge in [-0.1, -0.05) is 6.92 Å². The Morgan fingerprint density at radius 1 is 1.29 bits per heavy atom. The molecule has 1 atom stereocenters. The molecule has 1 amide bonds. The topological polar surface area (TPSA) is 62.5 Å². The van der Waals surface area contributed by atoms with Crippen LogP contribution in [0.1, 0.15) is 71.7 Å². The summed E-state index contributed by atoms with van der Waals surface area (Å²) in [6, 6.07) is 4.78. The van der Waals surface area contributed by atoms with Crippen molar-refractivity contribution in [2.24, 2.45) is 0 Å². The molecule has 6 nitrogen and oxygen atoms in total. The highest BCUT2D eigenvalue weighted by Crippen LogP contribution is 2.34. The molecule has 1 N–H and O–H groups in total. The fourth-order valence-corrected chi connectivity index (χ4v) is 5.33. The van der Waals surface area contributed by atoms with Crippen molar-refractivity contribution in [3.8, 4) is 0 Å². The molecule has 1 aliphatic heterocycles. The van der Waals surface area contributed by atoms with Gasteiger partial charge in [-0.2, -0.15) is 5.10 Å². The number of carbonyl (C=O) groups is 1. The van der Waals surface area contributed by atoms with Crippen LogP contribution in [0.15, 0.2) is 17.5 Å². The van der Waals surface area contributed by atoms with E-state index in [1.807, 2.05) is 22.8 Å². The molecule has 31 heavy (non-hydrogen) atoms. The van der Waals surface area contributed by atoms with E-state index in [-0.39, 0.29) is 5.91 Å². The van der Waals surface area contributed by atoms with Gasteiger partial charge in [-0.05, 0) is 75.6 Å². The first kappa shape index (κ1) is 22.0. The predicted octanol–water partition coefficient (Wildman–Crippen LogP) is 4.51. The van der Waals surface area contributed by atoms with Crippen molar-refractivity contribution in [1.29, 1.82) is 0 Å². The van der Waals surface area contributed by atoms with Crippen molar-refractivity contribution in [3.63, 3.8) is 0 Å². The maximum atomic E-state index is 12.1. The van der Waals surface area contributed by atoms with Crippen LogP contribution in [0.4, 0.5) is 0 Å². The third-order valence-corrected chi connectivity index (χ3v) is 7.14. The summed E-state index contributed by atoms with van der Waals surface area (Å²) in [7, 11) is 0. The molecule has 0 aliphatic carbocycles. The Labute approximate surface area is 188 Å². The Morgan fingerprint density at radius 2 is 2.13 bits per heavy atom. The van der Waals surface area contributed by atoms with Crippen LogP contribution in [-0.2, 0) is 17.8 Å². The summed E-state index contributed by atoms with van der Waals surface area (Å²) >= 11 is 1.82. The number of hydrogen-bond acceptors (Lipinski definition) is 5. The maximum absolute atomic E-state index is 12.1. The van der Waals surface area contributed by atoms with Crippen LogP contribution >= 0.6 is 11.3 Å². The number of thiophene rings is 1. The number of hydrogen-bond donors (Lipinski definition) is 1. The fraction of sp³-hybridized carbons (Fsp3) is 0.542. The lowest BCUT2D eigenvalue weighted by Crippen LogP contribution is -2.24. The monoisotopic (exact) mass is 439 g/mol. The summed E-state index contributed by atoms with van der Waals surface area (Å²) in [5, 5.41) is 10.2. The summed E-state index contributed by atoms with van der Waals surface area (Å²) in [6.45, 7) is 11.2. The number of aromatic nitrogens is 3. The van der Waals surface area contributed by atoms with Gasteiger partial charge in [0.25, 0.3) is 0 Å². The van der Waals surface area contributed by atoms with Crippen molar-refractivity contribution < 1.29 is 4.79 Å². The number of likely N-dealkylation sites (tertiary alicyclic amines) is 1. The van der Waals surface area contributed by atoms with Crippen LogP contribution in [0.3, 0.4) is 0 Å². The quantitative estimate of drug-likeness (QED) is 0.561. The molecule has 4 rings (SSSR count). The summed E-state index contributed by atoms with van der Waals surface area (Å²) in [4.78, 5) is 20.8. The van der Waals surface area contributed by atoms with Crippen LogP contribution in [-0.4, -0.2) is 38.5 Å². The number of fused-ring (bicyclic) bond motifs is 1. The predicted molar refractivity (Wildman–Crippen MR) is 126 cm³/mol. The van der Waals surface area contributed by atoms with Crippen LogP contribution in [0.2, 0.25) is 0 Å². The van der Waals surface area contributed by atoms with Crippen LogP contribution < -0.4 is 5.32 Å². The summed E-state index contributed by atoms with van der Waals surface area (Å²) in [6.07, 6.45) is 4.47. The van der Waals surface area contributed by atoms with Crippen molar-refractivity contribution in [3.05, 3.63) is 50.6 Å². The molecule has 1 saturated heterocycles. The van der Waals surface area contributed by atoms with E-state index >= 15 is 0 Å². The molecule has 7 heteroatoms. The van der Waals surface area contributed by atoms with Gasteiger partial charge in [0, 0.05) is 41.8 Å². The zero-order chi connectivity index (χ0) is 22.0. The van der Waals surface area contributed by atoms with Gasteiger partial charge >= 0.3 is 0 Å². The molecule has 0 unspecified atom stereocenters. The highest BCUT2D eigenvalue weighted by atomic mass is 32.1. The minimum atomic E-state index is 0.104. The first-order chi connectivity index (χ1) is 15.0. The molecule has 0 aromatic carbocycles. The Balaban J connectivity index is 1.54. The molecule has 3 aromatic rings. The number of carbonyl (C=O) groups excluding carboxylic acids is 1. The second kappa shape index (κ2) is 9.49. The minimum absolute atomic E-state index is 0.104. The number of amides is 1. The van der Waals surface area contributed by atoms with Crippen molar-refractivity contribution >= 4 is 22.9 Å². The Hall–Kier alpha value is -2.25. The molecule has 166 valence electrons. The lowest BCUT2D eigenvalue weighted by molar-refractivity contribution is -0.121. The highest BCUT2D eigenvalue weighted by Gasteiger charge is 2.29. The molecular formula is C24H33N5OS. The van der Waals surface area contributed by atoms with Gasteiger partial charge in [0.1, 0.15) is 0 Å². The van der Waals surface area contributed by atoms with E-state index < -0.39 is 0 Å². The van der Waals surface area contributed by atoms with Crippen LogP contribution in [0, 0.1) is 20.8 Å². The number of nitrogens with zero attached hydrogens (tertiary/aromatic N) is 4. The lowest BCUT2D eigenvalue weighted by atomic mass is 10.1. The van der Waals surface area contributed by atoms with Crippen LogP contribution in [0.25, 0.3) is 5.65 Å². The third kappa shape index (κ3) is 4.83. The number of aryl methyl sites for hydroxylation is 3. The minimum Gasteiger partial charge on any atom is -0.356 e. The summed E-state index contributed by atoms with van der Waals surface area (Å²) in [5.74, 6) is 0.104. The zero-order valence-corrected chi connectivity index (χ0v) is 19.9. The Bertz CT molecular complexity index is 1070. The third-order valence-electron chi connectivity index (χ3n) is 6.23. The van der Waals surface area contributed by atoms with Crippen molar-refractivity contribution in [2.45, 2.75) is 72.4 Å². The molecule has 1 fully saturated rings. The van der Waals surface area contributed by atoms with Gasteiger partial charge in [0.2, 0.25) is 5.91 Å². The zero-order valence-electron chi connectivity index (χ0n) is 19.1. The van der Waals surface area contributed by atoms with E-state index in [1.165, 1.54) is 16.9 Å². The van der Waals surface area contributed by atoms with Gasteiger partial charge in [0.15, 0.2) is 5.65 Å². The molecule has 4 heterocycles. The van der Waals surface area contributed by atoms with E-state index in [2.05, 4.69) is 48.5 Å². The first-order valence-corrected chi connectivity index (χ1v) is 12.2. The Kier molecular flexibility index (Phi) is 6.72. The SMILES string of the molecule is CCCNC(=O)CCc1c(C)nc2cc([C@@H]3CCCN3Cc3csc(C)c3)nn2c1C. The molecule has 0 bridgehead atoms. The Morgan fingerprint density at radius 3 is 2.87 bits per heavy atom. The highest BCUT2D eigenvalue weighted by molar-refractivity contribution is 7.10. The lowest BCUT2D eigenvalue weighted by Gasteiger charge is -2.22. The molecule has 0 radical (unpaired) electrons. The maximum Gasteiger partial charge on any atom is 0.220 e. The molecular weight excluding hydrogens is 406 g/mol. The van der Waals surface area contributed by atoms with E-state index in [9.17, 15) is 4.79 Å². The average Bonchev–Trinajstić information content (AvgIpc) is 3.46. The second-order valence-electron chi connectivity index (χ2n) is 8.64. The van der Waals surface area contributed by atoms with Crippen molar-refractivity contribution in [1.82, 2.24) is 24.8 Å². The molecule has 3 aromatic heterocycles. The smallest absolute Gasteiger partial charge is 0.220 e. The second-order valence-corrected chi connectivity index (χ2v) is 9.76. The van der Waals surface area contributed by atoms with E-state index in [0.29, 0.717) is 18.9 Å². The van der Waals surface area contributed by atoms with E-state index in [0.717, 1.165) is 60.8 Å². The largest absolute Gasteiger partial charge is 0.356 e. The summed E-state index contributed by atoms with van der Waals surface area (Å²) < 4.78 is 1.98. The van der Waals surface area contributed by atoms with Gasteiger partial charge in [-0.3, -0.25) is 9.69 Å².